The van der Waals surface area contributed by atoms with Gasteiger partial charge in [0.2, 0.25) is 10.0 Å². The van der Waals surface area contributed by atoms with Crippen LogP contribution in [0.4, 0.5) is 0 Å². The normalized spacial score (nSPS) is 23.0. The number of rotatable bonds is 4. The van der Waals surface area contributed by atoms with E-state index in [4.69, 9.17) is 10.00 Å². The lowest BCUT2D eigenvalue weighted by Gasteiger charge is -2.23. The zero-order valence-corrected chi connectivity index (χ0v) is 10.7. The second-order valence-corrected chi connectivity index (χ2v) is 6.04. The Bertz CT molecular complexity index is 426. The molecule has 96 valence electrons. The topological polar surface area (TPSA) is 87.5 Å². The van der Waals surface area contributed by atoms with Crippen molar-refractivity contribution in [3.05, 3.63) is 0 Å². The van der Waals surface area contributed by atoms with Crippen molar-refractivity contribution in [1.82, 2.24) is 4.31 Å². The standard InChI is InChI=1S/C10H16N2O4S/c1-3-16-10(13)9-5-4-6-12(9)17(14,15)8(2)7-11/h8-9H,3-6H2,1-2H3. The summed E-state index contributed by atoms with van der Waals surface area (Å²) in [5.41, 5.74) is 0. The Hall–Kier alpha value is -1.13. The summed E-state index contributed by atoms with van der Waals surface area (Å²) < 4.78 is 29.9. The molecule has 1 aliphatic heterocycles. The van der Waals surface area contributed by atoms with Crippen LogP contribution >= 0.6 is 0 Å². The first kappa shape index (κ1) is 13.9. The van der Waals surface area contributed by atoms with E-state index >= 15 is 0 Å². The van der Waals surface area contributed by atoms with Gasteiger partial charge in [0, 0.05) is 6.54 Å². The van der Waals surface area contributed by atoms with Gasteiger partial charge >= 0.3 is 5.97 Å². The van der Waals surface area contributed by atoms with Crippen LogP contribution in [0.5, 0.6) is 0 Å². The summed E-state index contributed by atoms with van der Waals surface area (Å²) in [6.45, 7) is 3.48. The molecule has 1 saturated heterocycles. The third-order valence-electron chi connectivity index (χ3n) is 2.72. The second-order valence-electron chi connectivity index (χ2n) is 3.84. The molecule has 0 N–H and O–H groups in total. The van der Waals surface area contributed by atoms with Crippen LogP contribution in [0.15, 0.2) is 0 Å². The molecule has 2 atom stereocenters. The molecule has 0 aromatic rings. The summed E-state index contributed by atoms with van der Waals surface area (Å²) >= 11 is 0. The number of nitrogens with zero attached hydrogens (tertiary/aromatic N) is 2. The van der Waals surface area contributed by atoms with E-state index in [1.807, 2.05) is 0 Å². The maximum atomic E-state index is 12.0. The van der Waals surface area contributed by atoms with Crippen LogP contribution in [0, 0.1) is 11.3 Å². The zero-order chi connectivity index (χ0) is 13.1. The van der Waals surface area contributed by atoms with E-state index in [0.29, 0.717) is 12.8 Å². The van der Waals surface area contributed by atoms with Gasteiger partial charge in [0.25, 0.3) is 0 Å². The van der Waals surface area contributed by atoms with Crippen molar-refractivity contribution in [2.75, 3.05) is 13.2 Å². The number of nitriles is 1. The predicted molar refractivity (Wildman–Crippen MR) is 60.4 cm³/mol. The van der Waals surface area contributed by atoms with Gasteiger partial charge in [-0.3, -0.25) is 4.79 Å². The Morgan fingerprint density at radius 2 is 2.29 bits per heavy atom. The van der Waals surface area contributed by atoms with E-state index in [1.54, 1.807) is 13.0 Å². The maximum Gasteiger partial charge on any atom is 0.324 e. The van der Waals surface area contributed by atoms with Crippen LogP contribution in [0.2, 0.25) is 0 Å². The van der Waals surface area contributed by atoms with Crippen molar-refractivity contribution < 1.29 is 17.9 Å². The minimum atomic E-state index is -3.73. The average Bonchev–Trinajstić information content (AvgIpc) is 2.77. The SMILES string of the molecule is CCOC(=O)C1CCCN1S(=O)(=O)C(C)C#N. The number of esters is 1. The molecule has 0 aromatic heterocycles. The molecule has 1 fully saturated rings. The Balaban J connectivity index is 2.91. The van der Waals surface area contributed by atoms with E-state index in [2.05, 4.69) is 0 Å². The minimum Gasteiger partial charge on any atom is -0.465 e. The van der Waals surface area contributed by atoms with Crippen LogP contribution in [0.25, 0.3) is 0 Å². The first-order chi connectivity index (χ1) is 7.95. The van der Waals surface area contributed by atoms with Crippen molar-refractivity contribution in [3.8, 4) is 6.07 Å². The van der Waals surface area contributed by atoms with Gasteiger partial charge < -0.3 is 4.74 Å². The van der Waals surface area contributed by atoms with Gasteiger partial charge in [-0.15, -0.1) is 0 Å². The molecule has 0 saturated carbocycles. The Morgan fingerprint density at radius 3 is 2.82 bits per heavy atom. The molecule has 0 amide bonds. The molecule has 1 aliphatic rings. The summed E-state index contributed by atoms with van der Waals surface area (Å²) in [6.07, 6.45) is 1.07. The van der Waals surface area contributed by atoms with Crippen molar-refractivity contribution in [2.24, 2.45) is 0 Å². The van der Waals surface area contributed by atoms with Crippen LogP contribution < -0.4 is 0 Å². The Kier molecular flexibility index (Phi) is 4.48. The van der Waals surface area contributed by atoms with Gasteiger partial charge in [-0.1, -0.05) is 0 Å². The number of carbonyl (C=O) groups is 1. The highest BCUT2D eigenvalue weighted by molar-refractivity contribution is 7.90. The number of carbonyl (C=O) groups excluding carboxylic acids is 1. The summed E-state index contributed by atoms with van der Waals surface area (Å²) in [5.74, 6) is -0.529. The van der Waals surface area contributed by atoms with Crippen molar-refractivity contribution in [1.29, 1.82) is 5.26 Å². The number of hydrogen-bond acceptors (Lipinski definition) is 5. The van der Waals surface area contributed by atoms with E-state index in [-0.39, 0.29) is 13.2 Å². The van der Waals surface area contributed by atoms with Gasteiger partial charge in [-0.05, 0) is 26.7 Å². The van der Waals surface area contributed by atoms with Crippen LogP contribution in [0.3, 0.4) is 0 Å². The molecular weight excluding hydrogens is 244 g/mol. The molecule has 0 aliphatic carbocycles. The predicted octanol–water partition coefficient (Wildman–Crippen LogP) is 0.256. The molecular formula is C10H16N2O4S. The Morgan fingerprint density at radius 1 is 1.65 bits per heavy atom. The van der Waals surface area contributed by atoms with Gasteiger partial charge in [0.05, 0.1) is 12.7 Å². The highest BCUT2D eigenvalue weighted by atomic mass is 32.2. The highest BCUT2D eigenvalue weighted by Crippen LogP contribution is 2.24. The highest BCUT2D eigenvalue weighted by Gasteiger charge is 2.41. The summed E-state index contributed by atoms with van der Waals surface area (Å²) in [6, 6.07) is 0.924. The summed E-state index contributed by atoms with van der Waals surface area (Å²) in [7, 11) is -3.73. The van der Waals surface area contributed by atoms with Crippen LogP contribution in [0.1, 0.15) is 26.7 Å². The molecule has 6 nitrogen and oxygen atoms in total. The third kappa shape index (κ3) is 2.76. The lowest BCUT2D eigenvalue weighted by Crippen LogP contribution is -2.44. The lowest BCUT2D eigenvalue weighted by atomic mass is 10.2. The fraction of sp³-hybridized carbons (Fsp3) is 0.800. The van der Waals surface area contributed by atoms with E-state index in [1.165, 1.54) is 6.92 Å². The molecule has 17 heavy (non-hydrogen) atoms. The number of sulfonamides is 1. The van der Waals surface area contributed by atoms with Crippen LogP contribution in [-0.4, -0.2) is 43.1 Å². The second kappa shape index (κ2) is 5.47. The first-order valence-corrected chi connectivity index (χ1v) is 7.02. The summed E-state index contributed by atoms with van der Waals surface area (Å²) in [5, 5.41) is 7.55. The van der Waals surface area contributed by atoms with E-state index in [0.717, 1.165) is 4.31 Å². The monoisotopic (exact) mass is 260 g/mol. The van der Waals surface area contributed by atoms with Gasteiger partial charge in [0.1, 0.15) is 6.04 Å². The molecule has 7 heteroatoms. The lowest BCUT2D eigenvalue weighted by molar-refractivity contribution is -0.146. The van der Waals surface area contributed by atoms with Gasteiger partial charge in [0.15, 0.2) is 5.25 Å². The molecule has 0 radical (unpaired) electrons. The van der Waals surface area contributed by atoms with E-state index in [9.17, 15) is 13.2 Å². The molecule has 1 rings (SSSR count). The van der Waals surface area contributed by atoms with Crippen LogP contribution in [-0.2, 0) is 19.6 Å². The minimum absolute atomic E-state index is 0.219. The molecule has 0 bridgehead atoms. The van der Waals surface area contributed by atoms with Gasteiger partial charge in [-0.25, -0.2) is 8.42 Å². The molecule has 1 heterocycles. The number of hydrogen-bond donors (Lipinski definition) is 0. The van der Waals surface area contributed by atoms with E-state index < -0.39 is 27.3 Å². The average molecular weight is 260 g/mol. The summed E-state index contributed by atoms with van der Waals surface area (Å²) in [4.78, 5) is 11.6. The largest absolute Gasteiger partial charge is 0.465 e. The molecule has 0 aromatic carbocycles. The first-order valence-electron chi connectivity index (χ1n) is 5.52. The fourth-order valence-electron chi connectivity index (χ4n) is 1.79. The smallest absolute Gasteiger partial charge is 0.324 e. The van der Waals surface area contributed by atoms with Crippen molar-refractivity contribution in [2.45, 2.75) is 38.0 Å². The van der Waals surface area contributed by atoms with Crippen molar-refractivity contribution in [3.63, 3.8) is 0 Å². The quantitative estimate of drug-likeness (QED) is 0.676. The fourth-order valence-corrected chi connectivity index (χ4v) is 3.26. The molecule has 0 spiro atoms. The van der Waals surface area contributed by atoms with Crippen molar-refractivity contribution >= 4 is 16.0 Å². The number of ether oxygens (including phenoxy) is 1. The van der Waals surface area contributed by atoms with Gasteiger partial charge in [-0.2, -0.15) is 9.57 Å². The maximum absolute atomic E-state index is 12.0. The molecule has 2 unspecified atom stereocenters. The third-order valence-corrected chi connectivity index (χ3v) is 4.81. The Labute approximate surface area is 101 Å². The zero-order valence-electron chi connectivity index (χ0n) is 9.92.